The Morgan fingerprint density at radius 2 is 1.40 bits per heavy atom. The number of hydrogen-bond acceptors (Lipinski definition) is 11. The molecule has 0 saturated heterocycles. The second-order valence-corrected chi connectivity index (χ2v) is 14.0. The number of benzene rings is 2. The molecule has 19 nitrogen and oxygen atoms in total. The molecule has 3 aromatic heterocycles. The van der Waals surface area contributed by atoms with Crippen LogP contribution in [0.3, 0.4) is 0 Å². The molecule has 1 aliphatic heterocycles. The maximum absolute atomic E-state index is 13.7. The number of amides is 4. The first-order valence-corrected chi connectivity index (χ1v) is 19.6. The van der Waals surface area contributed by atoms with Gasteiger partial charge in [0.2, 0.25) is 17.8 Å². The van der Waals surface area contributed by atoms with Crippen LogP contribution in [0.15, 0.2) is 53.5 Å². The van der Waals surface area contributed by atoms with E-state index in [0.717, 1.165) is 0 Å². The highest BCUT2D eigenvalue weighted by Gasteiger charge is 2.31. The summed E-state index contributed by atoms with van der Waals surface area (Å²) >= 11 is 0. The Bertz CT molecular complexity index is 2500. The van der Waals surface area contributed by atoms with E-state index in [2.05, 4.69) is 20.5 Å². The van der Waals surface area contributed by atoms with Gasteiger partial charge in [-0.15, -0.1) is 0 Å². The van der Waals surface area contributed by atoms with Gasteiger partial charge < -0.3 is 40.6 Å². The molecule has 0 radical (unpaired) electrons. The van der Waals surface area contributed by atoms with E-state index in [1.807, 2.05) is 30.9 Å². The predicted molar refractivity (Wildman–Crippen MR) is 223 cm³/mol. The number of nitrogens with zero attached hydrogens (tertiary/aromatic N) is 8. The number of aryl methyl sites for hydroxylation is 4. The third-order valence-electron chi connectivity index (χ3n) is 9.63. The van der Waals surface area contributed by atoms with Crippen molar-refractivity contribution in [3.8, 4) is 11.5 Å². The van der Waals surface area contributed by atoms with Crippen LogP contribution in [-0.2, 0) is 26.1 Å². The van der Waals surface area contributed by atoms with Crippen molar-refractivity contribution < 1.29 is 38.9 Å². The molecule has 2 aromatic carbocycles. The molecule has 6 rings (SSSR count). The van der Waals surface area contributed by atoms with Crippen molar-refractivity contribution in [3.63, 3.8) is 0 Å². The number of primary amides is 2. The number of carbonyl (C=O) groups excluding carboxylic acids is 4. The van der Waals surface area contributed by atoms with Gasteiger partial charge in [0.05, 0.1) is 35.8 Å². The van der Waals surface area contributed by atoms with Crippen LogP contribution in [0.1, 0.15) is 85.3 Å². The van der Waals surface area contributed by atoms with Crippen LogP contribution < -0.4 is 31.2 Å². The number of aliphatic imine (C=N–C) groups is 1. The molecule has 0 spiro atoms. The number of amidine groups is 1. The fourth-order valence-electron chi connectivity index (χ4n) is 6.93. The molecular formula is C41H49N11O8. The van der Waals surface area contributed by atoms with E-state index >= 15 is 0 Å². The molecule has 0 atom stereocenters. The van der Waals surface area contributed by atoms with Crippen LogP contribution in [0.4, 0.5) is 11.6 Å². The van der Waals surface area contributed by atoms with E-state index < -0.39 is 23.6 Å². The highest BCUT2D eigenvalue weighted by molar-refractivity contribution is 6.14. The summed E-state index contributed by atoms with van der Waals surface area (Å²) in [5.41, 5.74) is 15.7. The SMILES string of the molecule is CCn1nc(C)cc1C(=O)N=C1Cc2cc(C(N)=O)cc(OCCCO)c2N1C/C=C/Cn1c(NC(=O)c2cc(C)nn2CC)nc2cc(C(N)=O)cc(OCCCO)c21. The third kappa shape index (κ3) is 9.21. The Morgan fingerprint density at radius 3 is 2.03 bits per heavy atom. The van der Waals surface area contributed by atoms with Gasteiger partial charge in [0.1, 0.15) is 34.2 Å². The van der Waals surface area contributed by atoms with Gasteiger partial charge >= 0.3 is 0 Å². The average Bonchev–Trinajstić information content (AvgIpc) is 3.98. The fraction of sp³-hybridized carbons (Fsp3) is 0.366. The molecule has 7 N–H and O–H groups in total. The second kappa shape index (κ2) is 18.8. The van der Waals surface area contributed by atoms with Gasteiger partial charge in [-0.25, -0.2) is 4.98 Å². The first-order valence-electron chi connectivity index (χ1n) is 19.6. The van der Waals surface area contributed by atoms with E-state index in [1.165, 1.54) is 18.2 Å². The first-order chi connectivity index (χ1) is 28.9. The summed E-state index contributed by atoms with van der Waals surface area (Å²) in [5, 5.41) is 30.6. The maximum atomic E-state index is 13.7. The first kappa shape index (κ1) is 42.7. The molecule has 4 heterocycles. The molecule has 0 bridgehead atoms. The van der Waals surface area contributed by atoms with Crippen LogP contribution in [0.2, 0.25) is 0 Å². The quantitative estimate of drug-likeness (QED) is 0.0595. The van der Waals surface area contributed by atoms with Crippen LogP contribution in [0, 0.1) is 13.8 Å². The van der Waals surface area contributed by atoms with Gasteiger partial charge in [-0.2, -0.15) is 15.2 Å². The monoisotopic (exact) mass is 823 g/mol. The Kier molecular flexibility index (Phi) is 13.4. The number of ether oxygens (including phenoxy) is 2. The molecule has 60 heavy (non-hydrogen) atoms. The van der Waals surface area contributed by atoms with Gasteiger partial charge in [0, 0.05) is 69.8 Å². The van der Waals surface area contributed by atoms with Crippen molar-refractivity contribution in [1.29, 1.82) is 0 Å². The number of anilines is 2. The Balaban J connectivity index is 1.41. The number of rotatable bonds is 19. The van der Waals surface area contributed by atoms with Crippen molar-refractivity contribution >= 4 is 52.1 Å². The normalized spacial score (nSPS) is 13.1. The Labute approximate surface area is 345 Å². The lowest BCUT2D eigenvalue weighted by Crippen LogP contribution is -2.29. The Morgan fingerprint density at radius 1 is 0.817 bits per heavy atom. The lowest BCUT2D eigenvalue weighted by molar-refractivity contribution is 0.0986. The summed E-state index contributed by atoms with van der Waals surface area (Å²) in [4.78, 5) is 63.2. The topological polar surface area (TPSA) is 260 Å². The maximum Gasteiger partial charge on any atom is 0.296 e. The minimum absolute atomic E-state index is 0.110. The highest BCUT2D eigenvalue weighted by Crippen LogP contribution is 2.40. The molecule has 316 valence electrons. The molecule has 0 saturated carbocycles. The molecule has 0 unspecified atom stereocenters. The van der Waals surface area contributed by atoms with Crippen molar-refractivity contribution in [2.75, 3.05) is 43.2 Å². The number of aromatic nitrogens is 6. The summed E-state index contributed by atoms with van der Waals surface area (Å²) in [6.45, 7) is 8.59. The van der Waals surface area contributed by atoms with Crippen LogP contribution in [0.5, 0.6) is 11.5 Å². The van der Waals surface area contributed by atoms with Gasteiger partial charge in [0.15, 0.2) is 0 Å². The van der Waals surface area contributed by atoms with Crippen LogP contribution >= 0.6 is 0 Å². The number of allylic oxidation sites excluding steroid dienone is 1. The lowest BCUT2D eigenvalue weighted by Gasteiger charge is -2.22. The van der Waals surface area contributed by atoms with Crippen LogP contribution in [0.25, 0.3) is 11.0 Å². The number of imidazole rings is 1. The van der Waals surface area contributed by atoms with Crippen LogP contribution in [-0.4, -0.2) is 102 Å². The second-order valence-electron chi connectivity index (χ2n) is 14.0. The molecule has 0 aliphatic carbocycles. The standard InChI is InChI=1S/C41H49N11O8/c1-5-51-30(17-24(3)47-51)39(57)45-34-23-26-19-27(37(42)55)21-32(59-15-9-13-53)35(26)49(34)11-7-8-12-50-36-29(20-28(38(43)56)22-33(36)60-16-10-14-54)44-41(50)46-40(58)31-18-25(4)48-52(31)6-2/h7-8,17-22,53-54H,5-6,9-16,23H2,1-4H3,(H2,42,55)(H2,43,56)(H,44,46,58)/b8-7+,45-34?. The number of hydrogen-bond donors (Lipinski definition) is 5. The van der Waals surface area contributed by atoms with Crippen molar-refractivity contribution in [1.82, 2.24) is 29.1 Å². The number of aliphatic hydroxyl groups excluding tert-OH is 2. The summed E-state index contributed by atoms with van der Waals surface area (Å²) in [5.74, 6) is -1.19. The van der Waals surface area contributed by atoms with Crippen molar-refractivity contribution in [3.05, 3.63) is 88.0 Å². The zero-order chi connectivity index (χ0) is 43.1. The zero-order valence-electron chi connectivity index (χ0n) is 34.0. The molecule has 1 aliphatic rings. The molecule has 19 heteroatoms. The number of nitrogens with one attached hydrogen (secondary N) is 1. The molecule has 0 fully saturated rings. The fourth-order valence-corrected chi connectivity index (χ4v) is 6.93. The molecular weight excluding hydrogens is 775 g/mol. The number of nitrogens with two attached hydrogens (primary N) is 2. The highest BCUT2D eigenvalue weighted by atomic mass is 16.5. The van der Waals surface area contributed by atoms with Crippen molar-refractivity contribution in [2.24, 2.45) is 16.5 Å². The molecule has 4 amide bonds. The number of carbonyl (C=O) groups is 4. The minimum atomic E-state index is -0.704. The number of fused-ring (bicyclic) bond motifs is 2. The summed E-state index contributed by atoms with van der Waals surface area (Å²) < 4.78 is 17.0. The van der Waals surface area contributed by atoms with Gasteiger partial charge in [-0.05, 0) is 69.7 Å². The minimum Gasteiger partial charge on any atom is -0.491 e. The smallest absolute Gasteiger partial charge is 0.296 e. The largest absolute Gasteiger partial charge is 0.491 e. The molecule has 5 aromatic rings. The van der Waals surface area contributed by atoms with E-state index in [4.69, 9.17) is 25.9 Å². The summed E-state index contributed by atoms with van der Waals surface area (Å²) in [7, 11) is 0. The third-order valence-corrected chi connectivity index (χ3v) is 9.63. The van der Waals surface area contributed by atoms with Gasteiger partial charge in [-0.1, -0.05) is 12.2 Å². The lowest BCUT2D eigenvalue weighted by atomic mass is 10.1. The zero-order valence-corrected chi connectivity index (χ0v) is 34.0. The van der Waals surface area contributed by atoms with E-state index in [1.54, 1.807) is 46.0 Å². The van der Waals surface area contributed by atoms with Gasteiger partial charge in [-0.3, -0.25) is 33.9 Å². The summed E-state index contributed by atoms with van der Waals surface area (Å²) in [6, 6.07) is 9.54. The van der Waals surface area contributed by atoms with E-state index in [9.17, 15) is 29.4 Å². The van der Waals surface area contributed by atoms with Crippen molar-refractivity contribution in [2.45, 2.75) is 66.6 Å². The van der Waals surface area contributed by atoms with Gasteiger partial charge in [0.25, 0.3) is 11.8 Å². The number of aliphatic hydroxyl groups is 2. The Hall–Kier alpha value is -6.86. The van der Waals surface area contributed by atoms with E-state index in [-0.39, 0.29) is 68.8 Å². The predicted octanol–water partition coefficient (Wildman–Crippen LogP) is 2.92. The van der Waals surface area contributed by atoms with E-state index in [0.29, 0.717) is 82.6 Å². The summed E-state index contributed by atoms with van der Waals surface area (Å²) in [6.07, 6.45) is 4.50. The average molecular weight is 824 g/mol.